The molecule has 0 rings (SSSR count). The van der Waals surface area contributed by atoms with Gasteiger partial charge in [-0.25, -0.2) is 4.57 Å². The molecule has 2 atom stereocenters. The lowest BCUT2D eigenvalue weighted by Gasteiger charge is -2.19. The lowest BCUT2D eigenvalue weighted by Crippen LogP contribution is -2.29. The number of hydrogen-bond donors (Lipinski definition) is 2. The predicted molar refractivity (Wildman–Crippen MR) is 220 cm³/mol. The minimum Gasteiger partial charge on any atom is -0.462 e. The molecule has 0 aromatic carbocycles. The predicted octanol–water partition coefficient (Wildman–Crippen LogP) is 12.2. The monoisotopic (exact) mass is 770 g/mol. The number of carbonyl (C=O) groups is 2. The molecule has 2 unspecified atom stereocenters. The van der Waals surface area contributed by atoms with Crippen LogP contribution in [0.2, 0.25) is 0 Å². The van der Waals surface area contributed by atoms with Crippen molar-refractivity contribution in [2.45, 2.75) is 200 Å². The fraction of sp³-hybridized carbons (Fsp3) is 0.814. The van der Waals surface area contributed by atoms with Gasteiger partial charge in [-0.2, -0.15) is 0 Å². The average molecular weight is 770 g/mol. The van der Waals surface area contributed by atoms with Crippen LogP contribution in [0.1, 0.15) is 194 Å². The van der Waals surface area contributed by atoms with Gasteiger partial charge in [0.1, 0.15) is 6.61 Å². The average Bonchev–Trinajstić information content (AvgIpc) is 3.14. The number of unbranched alkanes of at least 4 members (excludes halogenated alkanes) is 21. The summed E-state index contributed by atoms with van der Waals surface area (Å²) >= 11 is 0. The number of esters is 2. The third kappa shape index (κ3) is 39.7. The highest BCUT2D eigenvalue weighted by atomic mass is 31.2. The summed E-state index contributed by atoms with van der Waals surface area (Å²) in [5, 5.41) is 0. The Labute approximate surface area is 324 Å². The van der Waals surface area contributed by atoms with E-state index in [0.29, 0.717) is 12.8 Å². The lowest BCUT2D eigenvalue weighted by molar-refractivity contribution is -0.161. The molecule has 310 valence electrons. The Hall–Kier alpha value is -1.77. The number of nitrogens with two attached hydrogens (primary N) is 1. The third-order valence-corrected chi connectivity index (χ3v) is 10.0. The molecular formula is C43H80NO8P. The zero-order valence-corrected chi connectivity index (χ0v) is 34.9. The molecule has 0 amide bonds. The molecule has 0 aliphatic carbocycles. The second kappa shape index (κ2) is 39.9. The van der Waals surface area contributed by atoms with Gasteiger partial charge >= 0.3 is 19.8 Å². The largest absolute Gasteiger partial charge is 0.472 e. The van der Waals surface area contributed by atoms with E-state index >= 15 is 0 Å². The quantitative estimate of drug-likeness (QED) is 0.0270. The van der Waals surface area contributed by atoms with Crippen LogP contribution in [0.5, 0.6) is 0 Å². The van der Waals surface area contributed by atoms with E-state index in [9.17, 15) is 19.0 Å². The summed E-state index contributed by atoms with van der Waals surface area (Å²) < 4.78 is 32.7. The molecule has 3 N–H and O–H groups in total. The first-order valence-electron chi connectivity index (χ1n) is 21.5. The van der Waals surface area contributed by atoms with Gasteiger partial charge in [0.15, 0.2) is 6.10 Å². The molecule has 0 fully saturated rings. The number of ether oxygens (including phenoxy) is 2. The van der Waals surface area contributed by atoms with E-state index in [1.54, 1.807) is 0 Å². The zero-order valence-electron chi connectivity index (χ0n) is 34.0. The molecule has 10 heteroatoms. The smallest absolute Gasteiger partial charge is 0.462 e. The van der Waals surface area contributed by atoms with Crippen LogP contribution in [-0.4, -0.2) is 49.3 Å². The molecule has 0 aromatic heterocycles. The molecule has 0 aliphatic heterocycles. The molecule has 0 saturated carbocycles. The second-order valence-corrected chi connectivity index (χ2v) is 15.7. The fourth-order valence-electron chi connectivity index (χ4n) is 5.83. The van der Waals surface area contributed by atoms with Gasteiger partial charge in [0, 0.05) is 19.4 Å². The van der Waals surface area contributed by atoms with Gasteiger partial charge in [-0.1, -0.05) is 172 Å². The van der Waals surface area contributed by atoms with Crippen molar-refractivity contribution in [3.63, 3.8) is 0 Å². The molecule has 0 aromatic rings. The SMILES string of the molecule is CCCCCCCCC=CCC=CCC=CCCCC(=O)OCC(COP(=O)(O)OCCN)OC(=O)CCCCCCCCCCCCCCCCC. The Kier molecular flexibility index (Phi) is 38.6. The van der Waals surface area contributed by atoms with Gasteiger partial charge in [-0.05, 0) is 44.9 Å². The van der Waals surface area contributed by atoms with Crippen LogP contribution in [0.4, 0.5) is 0 Å². The molecule has 53 heavy (non-hydrogen) atoms. The lowest BCUT2D eigenvalue weighted by atomic mass is 10.0. The number of phosphoric acid groups is 1. The molecule has 0 aliphatic rings. The highest BCUT2D eigenvalue weighted by Gasteiger charge is 2.25. The summed E-state index contributed by atoms with van der Waals surface area (Å²) in [4.78, 5) is 34.8. The molecule has 0 saturated heterocycles. The van der Waals surface area contributed by atoms with Crippen LogP contribution in [0.25, 0.3) is 0 Å². The highest BCUT2D eigenvalue weighted by Crippen LogP contribution is 2.43. The van der Waals surface area contributed by atoms with Gasteiger partial charge in [0.05, 0.1) is 13.2 Å². The summed E-state index contributed by atoms with van der Waals surface area (Å²) in [7, 11) is -4.38. The summed E-state index contributed by atoms with van der Waals surface area (Å²) in [6.07, 6.45) is 43.2. The van der Waals surface area contributed by atoms with Gasteiger partial charge in [0.2, 0.25) is 0 Å². The first-order chi connectivity index (χ1) is 25.8. The number of phosphoric ester groups is 1. The maximum atomic E-state index is 12.6. The van der Waals surface area contributed by atoms with E-state index < -0.39 is 32.5 Å². The summed E-state index contributed by atoms with van der Waals surface area (Å²) in [5.41, 5.74) is 5.34. The van der Waals surface area contributed by atoms with Crippen LogP contribution in [0, 0.1) is 0 Å². The van der Waals surface area contributed by atoms with Crippen LogP contribution in [0.15, 0.2) is 36.5 Å². The molecule has 0 spiro atoms. The van der Waals surface area contributed by atoms with Crippen molar-refractivity contribution >= 4 is 19.8 Å². The van der Waals surface area contributed by atoms with E-state index in [1.807, 2.05) is 0 Å². The van der Waals surface area contributed by atoms with Gasteiger partial charge < -0.3 is 20.1 Å². The third-order valence-electron chi connectivity index (χ3n) is 9.03. The summed E-state index contributed by atoms with van der Waals surface area (Å²) in [5.74, 6) is -0.885. The maximum Gasteiger partial charge on any atom is 0.472 e. The molecule has 0 heterocycles. The van der Waals surface area contributed by atoms with Crippen molar-refractivity contribution in [1.29, 1.82) is 0 Å². The standard InChI is InChI=1S/C43H80NO8P/c1-3-5-7-9-11-13-15-17-19-20-22-23-25-27-29-31-33-35-42(45)49-39-41(40-51-53(47,48)50-38-37-44)52-43(46)36-34-32-30-28-26-24-21-18-16-14-12-10-8-6-4-2/h17,19,22-23,27,29,41H,3-16,18,20-21,24-26,28,30-40,44H2,1-2H3,(H,47,48). The first kappa shape index (κ1) is 51.2. The Morgan fingerprint density at radius 3 is 1.51 bits per heavy atom. The van der Waals surface area contributed by atoms with Crippen molar-refractivity contribution in [3.8, 4) is 0 Å². The zero-order chi connectivity index (χ0) is 38.9. The second-order valence-electron chi connectivity index (χ2n) is 14.2. The van der Waals surface area contributed by atoms with E-state index in [-0.39, 0.29) is 32.6 Å². The Bertz CT molecular complexity index is 970. The van der Waals surface area contributed by atoms with Crippen molar-refractivity contribution in [2.75, 3.05) is 26.4 Å². The van der Waals surface area contributed by atoms with Gasteiger partial charge in [-0.15, -0.1) is 0 Å². The van der Waals surface area contributed by atoms with E-state index in [0.717, 1.165) is 44.9 Å². The normalized spacial score (nSPS) is 13.7. The topological polar surface area (TPSA) is 134 Å². The van der Waals surface area contributed by atoms with Crippen molar-refractivity contribution in [1.82, 2.24) is 0 Å². The van der Waals surface area contributed by atoms with E-state index in [2.05, 4.69) is 50.3 Å². The van der Waals surface area contributed by atoms with Crippen LogP contribution >= 0.6 is 7.82 Å². The van der Waals surface area contributed by atoms with Crippen LogP contribution in [-0.2, 0) is 32.7 Å². The van der Waals surface area contributed by atoms with Gasteiger partial charge in [0.25, 0.3) is 0 Å². The van der Waals surface area contributed by atoms with Crippen molar-refractivity contribution in [2.24, 2.45) is 5.73 Å². The van der Waals surface area contributed by atoms with E-state index in [1.165, 1.54) is 109 Å². The number of carbonyl (C=O) groups excluding carboxylic acids is 2. The Balaban J connectivity index is 4.23. The number of allylic oxidation sites excluding steroid dienone is 6. The van der Waals surface area contributed by atoms with Crippen LogP contribution in [0.3, 0.4) is 0 Å². The fourth-order valence-corrected chi connectivity index (χ4v) is 6.59. The minimum atomic E-state index is -4.38. The van der Waals surface area contributed by atoms with Crippen molar-refractivity contribution < 1.29 is 37.6 Å². The number of hydrogen-bond acceptors (Lipinski definition) is 8. The first-order valence-corrected chi connectivity index (χ1v) is 23.0. The summed E-state index contributed by atoms with van der Waals surface area (Å²) in [6.45, 7) is 3.68. The van der Waals surface area contributed by atoms with E-state index in [4.69, 9.17) is 24.3 Å². The van der Waals surface area contributed by atoms with Crippen molar-refractivity contribution in [3.05, 3.63) is 36.5 Å². The number of rotatable bonds is 40. The Morgan fingerprint density at radius 1 is 0.566 bits per heavy atom. The summed E-state index contributed by atoms with van der Waals surface area (Å²) in [6, 6.07) is 0. The molecule has 0 bridgehead atoms. The Morgan fingerprint density at radius 2 is 1.00 bits per heavy atom. The van der Waals surface area contributed by atoms with Crippen LogP contribution < -0.4 is 5.73 Å². The minimum absolute atomic E-state index is 0.0477. The highest BCUT2D eigenvalue weighted by molar-refractivity contribution is 7.47. The van der Waals surface area contributed by atoms with Gasteiger partial charge in [-0.3, -0.25) is 18.6 Å². The molecule has 9 nitrogen and oxygen atoms in total. The molecule has 0 radical (unpaired) electrons. The maximum absolute atomic E-state index is 12.6. The molecular weight excluding hydrogens is 689 g/mol.